The van der Waals surface area contributed by atoms with Crippen LogP contribution >= 0.6 is 0 Å². The van der Waals surface area contributed by atoms with Crippen molar-refractivity contribution in [1.29, 1.82) is 0 Å². The van der Waals surface area contributed by atoms with Crippen LogP contribution in [0.15, 0.2) is 67.0 Å². The molecule has 49 heavy (non-hydrogen) atoms. The van der Waals surface area contributed by atoms with Crippen LogP contribution in [0, 0.1) is 17.5 Å². The van der Waals surface area contributed by atoms with Gasteiger partial charge in [-0.05, 0) is 61.2 Å². The second-order valence-corrected chi connectivity index (χ2v) is 12.1. The number of methoxy groups -OCH3 is 1. The predicted molar refractivity (Wildman–Crippen MR) is 175 cm³/mol. The zero-order chi connectivity index (χ0) is 34.1. The van der Waals surface area contributed by atoms with E-state index in [4.69, 9.17) is 19.9 Å². The molecule has 0 spiro atoms. The summed E-state index contributed by atoms with van der Waals surface area (Å²) < 4.78 is 64.1. The number of carbonyl (C=O) groups is 1. The second kappa shape index (κ2) is 13.6. The van der Waals surface area contributed by atoms with Gasteiger partial charge in [-0.1, -0.05) is 6.07 Å². The van der Waals surface area contributed by atoms with Gasteiger partial charge in [-0.2, -0.15) is 0 Å². The minimum atomic E-state index is -0.688. The summed E-state index contributed by atoms with van der Waals surface area (Å²) in [6.45, 7) is 0.903. The van der Waals surface area contributed by atoms with Crippen LogP contribution in [0.25, 0.3) is 28.0 Å². The third-order valence-corrected chi connectivity index (χ3v) is 8.57. The molecule has 7 rings (SSSR count). The zero-order valence-corrected chi connectivity index (χ0v) is 26.6. The number of hydrogen-bond acceptors (Lipinski definition) is 9. The van der Waals surface area contributed by atoms with Gasteiger partial charge in [0.05, 0.1) is 53.4 Å². The highest BCUT2D eigenvalue weighted by Gasteiger charge is 2.24. The minimum Gasteiger partial charge on any atom is -0.473 e. The number of hydrogen-bond donors (Lipinski definition) is 2. The normalized spacial score (nSPS) is 16.0. The first-order valence-corrected chi connectivity index (χ1v) is 15.9. The lowest BCUT2D eigenvalue weighted by molar-refractivity contribution is -0.0589. The Labute approximate surface area is 279 Å². The lowest BCUT2D eigenvalue weighted by Crippen LogP contribution is -2.31. The maximum atomic E-state index is 15.6. The smallest absolute Gasteiger partial charge is 0.337 e. The maximum Gasteiger partial charge on any atom is 0.337 e. The van der Waals surface area contributed by atoms with Gasteiger partial charge < -0.3 is 29.8 Å². The van der Waals surface area contributed by atoms with Crippen molar-refractivity contribution in [2.45, 2.75) is 51.0 Å². The summed E-state index contributed by atoms with van der Waals surface area (Å²) >= 11 is 0. The quantitative estimate of drug-likeness (QED) is 0.162. The molecule has 10 nitrogen and oxygen atoms in total. The van der Waals surface area contributed by atoms with Crippen molar-refractivity contribution in [2.24, 2.45) is 5.73 Å². The predicted octanol–water partition coefficient (Wildman–Crippen LogP) is 5.67. The van der Waals surface area contributed by atoms with Crippen molar-refractivity contribution in [3.63, 3.8) is 0 Å². The first-order chi connectivity index (χ1) is 23.7. The molecule has 2 fully saturated rings. The molecule has 1 atom stereocenters. The number of halogens is 3. The summed E-state index contributed by atoms with van der Waals surface area (Å²) in [5.41, 5.74) is 8.61. The Kier molecular flexibility index (Phi) is 8.91. The van der Waals surface area contributed by atoms with Crippen LogP contribution in [0.4, 0.5) is 13.2 Å². The Balaban J connectivity index is 1.09. The number of nitrogens with two attached hydrogens (primary N) is 1. The van der Waals surface area contributed by atoms with Crippen molar-refractivity contribution < 1.29 is 32.2 Å². The molecule has 0 bridgehead atoms. The number of benzene rings is 2. The molecule has 3 aromatic heterocycles. The first kappa shape index (κ1) is 32.1. The lowest BCUT2D eigenvalue weighted by atomic mass is 10.0. The molecule has 2 aliphatic rings. The Morgan fingerprint density at radius 2 is 1.86 bits per heavy atom. The molecule has 13 heteroatoms. The average Bonchev–Trinajstić information content (AvgIpc) is 3.86. The molecule has 1 saturated heterocycles. The van der Waals surface area contributed by atoms with E-state index in [0.29, 0.717) is 53.0 Å². The number of carbonyl (C=O) groups excluding carboxylic acids is 1. The molecule has 3 N–H and O–H groups in total. The molecule has 0 radical (unpaired) electrons. The molecule has 252 valence electrons. The summed E-state index contributed by atoms with van der Waals surface area (Å²) in [6.07, 6.45) is 5.92. The molecular weight excluding hydrogens is 637 g/mol. The first-order valence-electron chi connectivity index (χ1n) is 15.9. The summed E-state index contributed by atoms with van der Waals surface area (Å²) in [4.78, 5) is 25.4. The topological polar surface area (TPSA) is 126 Å². The van der Waals surface area contributed by atoms with E-state index in [1.807, 2.05) is 4.57 Å². The van der Waals surface area contributed by atoms with E-state index in [2.05, 4.69) is 20.3 Å². The number of ether oxygens (including phenoxy) is 3. The zero-order valence-electron chi connectivity index (χ0n) is 26.6. The molecule has 0 amide bonds. The summed E-state index contributed by atoms with van der Waals surface area (Å²) in [5.74, 6) is -1.78. The van der Waals surface area contributed by atoms with Crippen LogP contribution in [-0.2, 0) is 29.0 Å². The fraction of sp³-hybridized carbons (Fsp3) is 0.278. The molecule has 2 aromatic carbocycles. The third kappa shape index (κ3) is 7.07. The summed E-state index contributed by atoms with van der Waals surface area (Å²) in [6, 6.07) is 13.5. The van der Waals surface area contributed by atoms with Gasteiger partial charge in [0.15, 0.2) is 0 Å². The highest BCUT2D eigenvalue weighted by atomic mass is 19.1. The number of esters is 1. The monoisotopic (exact) mass is 670 g/mol. The van der Waals surface area contributed by atoms with Crippen molar-refractivity contribution >= 4 is 22.7 Å². The number of fused-ring (bicyclic) bond motifs is 1. The fourth-order valence-electron chi connectivity index (χ4n) is 5.53. The Bertz CT molecular complexity index is 2080. The molecule has 1 aliphatic carbocycles. The van der Waals surface area contributed by atoms with Crippen LogP contribution in [-0.4, -0.2) is 51.4 Å². The van der Waals surface area contributed by atoms with Gasteiger partial charge in [-0.15, -0.1) is 0 Å². The van der Waals surface area contributed by atoms with Crippen molar-refractivity contribution in [3.8, 4) is 17.1 Å². The van der Waals surface area contributed by atoms with Gasteiger partial charge in [0, 0.05) is 54.7 Å². The molecule has 5 aromatic rings. The Hall–Kier alpha value is -5.43. The van der Waals surface area contributed by atoms with Crippen molar-refractivity contribution in [2.75, 3.05) is 13.7 Å². The lowest BCUT2D eigenvalue weighted by Gasteiger charge is -2.27. The van der Waals surface area contributed by atoms with Gasteiger partial charge in [0.25, 0.3) is 0 Å². The summed E-state index contributed by atoms with van der Waals surface area (Å²) in [5, 5.41) is 3.15. The van der Waals surface area contributed by atoms with Crippen molar-refractivity contribution in [3.05, 3.63) is 113 Å². The van der Waals surface area contributed by atoms with Crippen LogP contribution < -0.4 is 15.8 Å². The highest BCUT2D eigenvalue weighted by molar-refractivity contribution is 5.93. The SMILES string of the molecule is COC(=O)c1ccc2nc(Cc3cc(F)c(-c4cccc(OCc5cnc(/C(N)=C/NC6CC6)cc5F)n4)cc3F)n(CC3CCO3)c2c1. The number of nitrogens with zero attached hydrogens (tertiary/aromatic N) is 4. The van der Waals surface area contributed by atoms with E-state index >= 15 is 8.78 Å². The minimum absolute atomic E-state index is 0.00850. The van der Waals surface area contributed by atoms with Gasteiger partial charge in [-0.25, -0.2) is 27.9 Å². The number of rotatable bonds is 12. The van der Waals surface area contributed by atoms with Crippen LogP contribution in [0.1, 0.15) is 52.3 Å². The van der Waals surface area contributed by atoms with Gasteiger partial charge in [0.2, 0.25) is 5.88 Å². The number of imidazole rings is 1. The van der Waals surface area contributed by atoms with Gasteiger partial charge >= 0.3 is 5.97 Å². The van der Waals surface area contributed by atoms with E-state index < -0.39 is 23.4 Å². The van der Waals surface area contributed by atoms with Crippen LogP contribution in [0.5, 0.6) is 5.88 Å². The molecule has 1 saturated carbocycles. The Morgan fingerprint density at radius 1 is 1.04 bits per heavy atom. The van der Waals surface area contributed by atoms with Crippen molar-refractivity contribution in [1.82, 2.24) is 24.8 Å². The van der Waals surface area contributed by atoms with E-state index in [9.17, 15) is 9.18 Å². The molecule has 1 aliphatic heterocycles. The molecule has 1 unspecified atom stereocenters. The fourth-order valence-corrected chi connectivity index (χ4v) is 5.53. The molecule has 4 heterocycles. The van der Waals surface area contributed by atoms with E-state index in [1.165, 1.54) is 31.5 Å². The Morgan fingerprint density at radius 3 is 2.59 bits per heavy atom. The maximum absolute atomic E-state index is 15.6. The summed E-state index contributed by atoms with van der Waals surface area (Å²) in [7, 11) is 1.31. The number of nitrogens with one attached hydrogen (secondary N) is 1. The second-order valence-electron chi connectivity index (χ2n) is 12.1. The average molecular weight is 671 g/mol. The number of aromatic nitrogens is 4. The van der Waals surface area contributed by atoms with Gasteiger partial charge in [0.1, 0.15) is 29.9 Å². The van der Waals surface area contributed by atoms with Crippen LogP contribution in [0.3, 0.4) is 0 Å². The molecular formula is C36H33F3N6O4. The highest BCUT2D eigenvalue weighted by Crippen LogP contribution is 2.29. The standard InChI is InChI=1S/C36H33F3N6O4/c1-47-36(46)20-5-8-31-33(12-20)45(18-24-9-10-48-24)34(43-31)13-21-11-28(39)25(14-26(21)37)30-3-2-4-35(44-30)49-19-22-16-42-32(15-27(22)38)29(40)17-41-23-6-7-23/h2-5,8,11-12,14-17,23-24,41H,6-7,9-10,13,18-19,40H2,1H3/b29-17-. The largest absolute Gasteiger partial charge is 0.473 e. The van der Waals surface area contributed by atoms with E-state index in [-0.39, 0.29) is 47.4 Å². The van der Waals surface area contributed by atoms with Crippen LogP contribution in [0.2, 0.25) is 0 Å². The van der Waals surface area contributed by atoms with E-state index in [0.717, 1.165) is 31.4 Å². The number of pyridine rings is 2. The van der Waals surface area contributed by atoms with Gasteiger partial charge in [-0.3, -0.25) is 4.98 Å². The third-order valence-electron chi connectivity index (χ3n) is 8.57. The van der Waals surface area contributed by atoms with E-state index in [1.54, 1.807) is 30.5 Å².